The molecule has 2 aromatic heterocycles. The van der Waals surface area contributed by atoms with Gasteiger partial charge in [0, 0.05) is 30.3 Å². The second kappa shape index (κ2) is 5.56. The molecule has 1 aliphatic rings. The smallest absolute Gasteiger partial charge is 0.138 e. The van der Waals surface area contributed by atoms with Crippen molar-refractivity contribution in [3.05, 3.63) is 28.0 Å². The molecule has 102 valence electrons. The third-order valence-electron chi connectivity index (χ3n) is 3.52. The predicted molar refractivity (Wildman–Crippen MR) is 75.3 cm³/mol. The number of hydrogen-bond acceptors (Lipinski definition) is 5. The van der Waals surface area contributed by atoms with E-state index in [4.69, 9.17) is 11.6 Å². The van der Waals surface area contributed by atoms with E-state index in [2.05, 4.69) is 32.7 Å². The van der Waals surface area contributed by atoms with Crippen LogP contribution in [0.4, 0.5) is 0 Å². The summed E-state index contributed by atoms with van der Waals surface area (Å²) in [6.07, 6.45) is 6.42. The molecule has 0 aliphatic carbocycles. The lowest BCUT2D eigenvalue weighted by atomic mass is 10.2. The van der Waals surface area contributed by atoms with E-state index in [0.29, 0.717) is 10.4 Å². The Hall–Kier alpha value is -0.980. The number of hydrogen-bond donors (Lipinski definition) is 0. The van der Waals surface area contributed by atoms with Gasteiger partial charge in [0.05, 0.1) is 12.7 Å². The molecule has 0 saturated carbocycles. The summed E-state index contributed by atoms with van der Waals surface area (Å²) in [5.41, 5.74) is 2.10. The van der Waals surface area contributed by atoms with Crippen LogP contribution in [0.2, 0.25) is 4.34 Å². The Labute approximate surface area is 121 Å². The van der Waals surface area contributed by atoms with Crippen LogP contribution in [0.15, 0.2) is 12.4 Å². The van der Waals surface area contributed by atoms with Gasteiger partial charge in [-0.25, -0.2) is 0 Å². The highest BCUT2D eigenvalue weighted by Gasteiger charge is 2.26. The minimum absolute atomic E-state index is 0.511. The summed E-state index contributed by atoms with van der Waals surface area (Å²) in [4.78, 5) is 2.43. The van der Waals surface area contributed by atoms with Crippen molar-refractivity contribution in [1.82, 2.24) is 24.3 Å². The van der Waals surface area contributed by atoms with Crippen LogP contribution in [0.25, 0.3) is 0 Å². The highest BCUT2D eigenvalue weighted by Crippen LogP contribution is 2.25. The van der Waals surface area contributed by atoms with Gasteiger partial charge in [-0.15, -0.1) is 5.10 Å². The maximum Gasteiger partial charge on any atom is 0.138 e. The summed E-state index contributed by atoms with van der Waals surface area (Å²) in [6, 6.07) is 0.511. The number of nitrogens with zero attached hydrogens (tertiary/aromatic N) is 5. The van der Waals surface area contributed by atoms with E-state index in [1.165, 1.54) is 29.9 Å². The molecule has 5 nitrogen and oxygen atoms in total. The predicted octanol–water partition coefficient (Wildman–Crippen LogP) is 2.36. The first kappa shape index (κ1) is 13.0. The standard InChI is InChI=1S/C12H16ClN5S/c1-9-5-14-18(6-9)7-10-3-2-4-17(10)8-11-12(13)19-16-15-11/h5-6,10H,2-4,7-8H2,1H3/t10-/m1/s1. The zero-order chi connectivity index (χ0) is 13.2. The van der Waals surface area contributed by atoms with Gasteiger partial charge in [-0.2, -0.15) is 5.10 Å². The molecular formula is C12H16ClN5S. The molecule has 0 unspecified atom stereocenters. The Morgan fingerprint density at radius 1 is 1.53 bits per heavy atom. The van der Waals surface area contributed by atoms with Crippen molar-refractivity contribution in [2.24, 2.45) is 0 Å². The third kappa shape index (κ3) is 2.96. The molecule has 0 bridgehead atoms. The zero-order valence-electron chi connectivity index (χ0n) is 10.8. The van der Waals surface area contributed by atoms with Crippen molar-refractivity contribution in [3.63, 3.8) is 0 Å². The summed E-state index contributed by atoms with van der Waals surface area (Å²) in [6.45, 7) is 4.89. The van der Waals surface area contributed by atoms with Gasteiger partial charge < -0.3 is 0 Å². The van der Waals surface area contributed by atoms with Crippen LogP contribution in [0.5, 0.6) is 0 Å². The van der Waals surface area contributed by atoms with Crippen LogP contribution < -0.4 is 0 Å². The average Bonchev–Trinajstić information content (AvgIpc) is 3.07. The van der Waals surface area contributed by atoms with Crippen LogP contribution in [-0.2, 0) is 13.1 Å². The molecule has 2 aromatic rings. The van der Waals surface area contributed by atoms with Crippen molar-refractivity contribution in [2.45, 2.75) is 38.9 Å². The molecule has 7 heteroatoms. The van der Waals surface area contributed by atoms with E-state index in [0.717, 1.165) is 25.3 Å². The molecule has 0 amide bonds. The van der Waals surface area contributed by atoms with Crippen LogP contribution in [0, 0.1) is 6.92 Å². The maximum absolute atomic E-state index is 6.08. The number of aryl methyl sites for hydroxylation is 1. The summed E-state index contributed by atoms with van der Waals surface area (Å²) >= 11 is 7.34. The minimum atomic E-state index is 0.511. The zero-order valence-corrected chi connectivity index (χ0v) is 12.4. The van der Waals surface area contributed by atoms with Gasteiger partial charge in [-0.05, 0) is 31.9 Å². The van der Waals surface area contributed by atoms with E-state index < -0.39 is 0 Å². The highest BCUT2D eigenvalue weighted by molar-refractivity contribution is 7.10. The average molecular weight is 298 g/mol. The second-order valence-corrected chi connectivity index (χ2v) is 6.36. The fraction of sp³-hybridized carbons (Fsp3) is 0.583. The first-order valence-electron chi connectivity index (χ1n) is 6.42. The Bertz CT molecular complexity index is 552. The molecule has 19 heavy (non-hydrogen) atoms. The van der Waals surface area contributed by atoms with Gasteiger partial charge >= 0.3 is 0 Å². The van der Waals surface area contributed by atoms with E-state index in [9.17, 15) is 0 Å². The van der Waals surface area contributed by atoms with Crippen molar-refractivity contribution >= 4 is 23.1 Å². The van der Waals surface area contributed by atoms with E-state index in [-0.39, 0.29) is 0 Å². The number of likely N-dealkylation sites (tertiary alicyclic amines) is 1. The highest BCUT2D eigenvalue weighted by atomic mass is 35.5. The van der Waals surface area contributed by atoms with Gasteiger partial charge in [0.1, 0.15) is 10.0 Å². The number of rotatable bonds is 4. The quantitative estimate of drug-likeness (QED) is 0.869. The van der Waals surface area contributed by atoms with Crippen LogP contribution in [0.3, 0.4) is 0 Å². The van der Waals surface area contributed by atoms with Crippen molar-refractivity contribution < 1.29 is 0 Å². The molecule has 0 radical (unpaired) electrons. The van der Waals surface area contributed by atoms with E-state index in [1.807, 2.05) is 10.9 Å². The first-order chi connectivity index (χ1) is 9.22. The first-order valence-corrected chi connectivity index (χ1v) is 7.57. The second-order valence-electron chi connectivity index (χ2n) is 5.00. The summed E-state index contributed by atoms with van der Waals surface area (Å²) in [5, 5.41) is 8.46. The Morgan fingerprint density at radius 2 is 2.42 bits per heavy atom. The molecule has 1 fully saturated rings. The van der Waals surface area contributed by atoms with Crippen molar-refractivity contribution in [1.29, 1.82) is 0 Å². The summed E-state index contributed by atoms with van der Waals surface area (Å²) in [5.74, 6) is 0. The molecule has 1 saturated heterocycles. The lowest BCUT2D eigenvalue weighted by molar-refractivity contribution is 0.217. The molecule has 1 aliphatic heterocycles. The molecular weight excluding hydrogens is 282 g/mol. The van der Waals surface area contributed by atoms with Crippen LogP contribution >= 0.6 is 23.1 Å². The number of halogens is 1. The van der Waals surface area contributed by atoms with Crippen molar-refractivity contribution in [2.75, 3.05) is 6.54 Å². The van der Waals surface area contributed by atoms with Gasteiger partial charge in [0.2, 0.25) is 0 Å². The Morgan fingerprint density at radius 3 is 3.11 bits per heavy atom. The summed E-state index contributed by atoms with van der Waals surface area (Å²) in [7, 11) is 0. The molecule has 0 spiro atoms. The Kier molecular flexibility index (Phi) is 3.81. The number of aromatic nitrogens is 4. The largest absolute Gasteiger partial charge is 0.293 e. The van der Waals surface area contributed by atoms with E-state index in [1.54, 1.807) is 0 Å². The monoisotopic (exact) mass is 297 g/mol. The van der Waals surface area contributed by atoms with Crippen LogP contribution in [0.1, 0.15) is 24.1 Å². The summed E-state index contributed by atoms with van der Waals surface area (Å²) < 4.78 is 6.63. The van der Waals surface area contributed by atoms with Crippen LogP contribution in [-0.4, -0.2) is 36.9 Å². The molecule has 0 aromatic carbocycles. The van der Waals surface area contributed by atoms with E-state index >= 15 is 0 Å². The van der Waals surface area contributed by atoms with Crippen molar-refractivity contribution in [3.8, 4) is 0 Å². The fourth-order valence-electron chi connectivity index (χ4n) is 2.58. The SMILES string of the molecule is Cc1cnn(C[C@H]2CCCN2Cc2nnsc2Cl)c1. The lowest BCUT2D eigenvalue weighted by Gasteiger charge is -2.23. The third-order valence-corrected chi connectivity index (χ3v) is 4.51. The topological polar surface area (TPSA) is 46.8 Å². The fourth-order valence-corrected chi connectivity index (χ4v) is 3.19. The van der Waals surface area contributed by atoms with Gasteiger partial charge in [-0.1, -0.05) is 16.1 Å². The normalized spacial score (nSPS) is 20.2. The molecule has 3 heterocycles. The lowest BCUT2D eigenvalue weighted by Crippen LogP contribution is -2.32. The van der Waals surface area contributed by atoms with Gasteiger partial charge in [-0.3, -0.25) is 9.58 Å². The minimum Gasteiger partial charge on any atom is -0.293 e. The molecule has 1 atom stereocenters. The molecule has 0 N–H and O–H groups in total. The van der Waals surface area contributed by atoms with Gasteiger partial charge in [0.25, 0.3) is 0 Å². The Balaban J connectivity index is 1.66. The maximum atomic E-state index is 6.08. The molecule has 3 rings (SSSR count). The van der Waals surface area contributed by atoms with Gasteiger partial charge in [0.15, 0.2) is 0 Å².